The predicted octanol–water partition coefficient (Wildman–Crippen LogP) is 1.84. The summed E-state index contributed by atoms with van der Waals surface area (Å²) >= 11 is 2.09. The standard InChI is InChI=1S/C15H28N2O2S/c1-3-20-14-5-4-13(12-14)16(2)7-6-15(18)17-8-10-19-11-9-17/h13-14H,3-12H2,1-2H3/t13-,14-/m1/s1. The molecule has 0 aromatic rings. The van der Waals surface area contributed by atoms with Crippen LogP contribution in [0.3, 0.4) is 0 Å². The lowest BCUT2D eigenvalue weighted by Crippen LogP contribution is -2.42. The largest absolute Gasteiger partial charge is 0.378 e. The van der Waals surface area contributed by atoms with Crippen LogP contribution < -0.4 is 0 Å². The minimum Gasteiger partial charge on any atom is -0.378 e. The van der Waals surface area contributed by atoms with Gasteiger partial charge < -0.3 is 14.5 Å². The van der Waals surface area contributed by atoms with E-state index in [1.807, 2.05) is 4.90 Å². The highest BCUT2D eigenvalue weighted by Crippen LogP contribution is 2.32. The molecular formula is C15H28N2O2S. The van der Waals surface area contributed by atoms with Gasteiger partial charge >= 0.3 is 0 Å². The van der Waals surface area contributed by atoms with E-state index in [0.717, 1.165) is 24.9 Å². The van der Waals surface area contributed by atoms with Crippen LogP contribution in [-0.4, -0.2) is 72.6 Å². The van der Waals surface area contributed by atoms with E-state index in [1.165, 1.54) is 25.0 Å². The first-order valence-corrected chi connectivity index (χ1v) is 8.93. The van der Waals surface area contributed by atoms with Crippen LogP contribution in [0.1, 0.15) is 32.6 Å². The zero-order valence-corrected chi connectivity index (χ0v) is 13.7. The van der Waals surface area contributed by atoms with E-state index < -0.39 is 0 Å². The van der Waals surface area contributed by atoms with Gasteiger partial charge in [-0.15, -0.1) is 0 Å². The quantitative estimate of drug-likeness (QED) is 0.749. The molecule has 2 atom stereocenters. The van der Waals surface area contributed by atoms with Gasteiger partial charge in [-0.1, -0.05) is 6.92 Å². The molecule has 4 nitrogen and oxygen atoms in total. The molecule has 0 radical (unpaired) electrons. The zero-order chi connectivity index (χ0) is 14.4. The maximum Gasteiger partial charge on any atom is 0.224 e. The zero-order valence-electron chi connectivity index (χ0n) is 12.8. The molecule has 0 unspecified atom stereocenters. The van der Waals surface area contributed by atoms with Crippen molar-refractivity contribution in [3.05, 3.63) is 0 Å². The first kappa shape index (κ1) is 16.1. The summed E-state index contributed by atoms with van der Waals surface area (Å²) in [5.74, 6) is 1.51. The maximum atomic E-state index is 12.1. The van der Waals surface area contributed by atoms with Crippen LogP contribution in [0.4, 0.5) is 0 Å². The normalized spacial score (nSPS) is 27.2. The number of ether oxygens (including phenoxy) is 1. The van der Waals surface area contributed by atoms with Crippen molar-refractivity contribution in [2.75, 3.05) is 45.6 Å². The Morgan fingerprint density at radius 2 is 2.10 bits per heavy atom. The van der Waals surface area contributed by atoms with Gasteiger partial charge in [-0.3, -0.25) is 4.79 Å². The average Bonchev–Trinajstić information content (AvgIpc) is 2.94. The Balaban J connectivity index is 1.67. The Hall–Kier alpha value is -0.260. The van der Waals surface area contributed by atoms with Crippen molar-refractivity contribution >= 4 is 17.7 Å². The Kier molecular flexibility index (Phi) is 6.65. The van der Waals surface area contributed by atoms with E-state index in [-0.39, 0.29) is 5.91 Å². The van der Waals surface area contributed by atoms with Gasteiger partial charge in [0.25, 0.3) is 0 Å². The minimum atomic E-state index is 0.289. The summed E-state index contributed by atoms with van der Waals surface area (Å²) < 4.78 is 5.28. The monoisotopic (exact) mass is 300 g/mol. The van der Waals surface area contributed by atoms with Crippen molar-refractivity contribution in [3.63, 3.8) is 0 Å². The molecule has 2 aliphatic rings. The van der Waals surface area contributed by atoms with Crippen LogP contribution in [0.2, 0.25) is 0 Å². The molecular weight excluding hydrogens is 272 g/mol. The molecule has 1 saturated heterocycles. The maximum absolute atomic E-state index is 12.1. The summed E-state index contributed by atoms with van der Waals surface area (Å²) in [4.78, 5) is 16.5. The van der Waals surface area contributed by atoms with Gasteiger partial charge in [-0.25, -0.2) is 0 Å². The highest BCUT2D eigenvalue weighted by molar-refractivity contribution is 7.99. The fourth-order valence-electron chi connectivity index (χ4n) is 3.13. The number of rotatable bonds is 6. The number of carbonyl (C=O) groups excluding carboxylic acids is 1. The molecule has 2 rings (SSSR count). The summed E-state index contributed by atoms with van der Waals surface area (Å²) in [6, 6.07) is 0.677. The van der Waals surface area contributed by atoms with Crippen LogP contribution >= 0.6 is 11.8 Å². The highest BCUT2D eigenvalue weighted by Gasteiger charge is 2.27. The van der Waals surface area contributed by atoms with Gasteiger partial charge in [-0.05, 0) is 32.1 Å². The smallest absolute Gasteiger partial charge is 0.224 e. The highest BCUT2D eigenvalue weighted by atomic mass is 32.2. The molecule has 0 spiro atoms. The predicted molar refractivity (Wildman–Crippen MR) is 84.2 cm³/mol. The van der Waals surface area contributed by atoms with E-state index in [9.17, 15) is 4.79 Å². The molecule has 0 aromatic carbocycles. The van der Waals surface area contributed by atoms with Crippen LogP contribution in [-0.2, 0) is 9.53 Å². The molecule has 0 aromatic heterocycles. The summed E-state index contributed by atoms with van der Waals surface area (Å²) in [6.45, 7) is 6.05. The lowest BCUT2D eigenvalue weighted by molar-refractivity contribution is -0.135. The van der Waals surface area contributed by atoms with Gasteiger partial charge in [-0.2, -0.15) is 11.8 Å². The molecule has 20 heavy (non-hydrogen) atoms. The molecule has 5 heteroatoms. The second-order valence-corrected chi connectivity index (χ2v) is 7.35. The first-order valence-electron chi connectivity index (χ1n) is 7.88. The summed E-state index contributed by atoms with van der Waals surface area (Å²) in [7, 11) is 2.18. The third-order valence-electron chi connectivity index (χ3n) is 4.42. The van der Waals surface area contributed by atoms with E-state index in [4.69, 9.17) is 4.74 Å². The molecule has 2 fully saturated rings. The number of nitrogens with zero attached hydrogens (tertiary/aromatic N) is 2. The molecule has 0 bridgehead atoms. The van der Waals surface area contributed by atoms with Crippen molar-refractivity contribution in [2.45, 2.75) is 43.9 Å². The van der Waals surface area contributed by atoms with Gasteiger partial charge in [0, 0.05) is 37.3 Å². The Labute approximate surface area is 127 Å². The minimum absolute atomic E-state index is 0.289. The molecule has 1 aliphatic carbocycles. The average molecular weight is 300 g/mol. The third-order valence-corrected chi connectivity index (χ3v) is 5.66. The fourth-order valence-corrected chi connectivity index (χ4v) is 4.26. The van der Waals surface area contributed by atoms with Crippen molar-refractivity contribution < 1.29 is 9.53 Å². The SMILES string of the molecule is CCS[C@@H]1CC[C@@H](N(C)CCC(=O)N2CCOCC2)C1. The van der Waals surface area contributed by atoms with Gasteiger partial charge in [0.05, 0.1) is 13.2 Å². The topological polar surface area (TPSA) is 32.8 Å². The summed E-state index contributed by atoms with van der Waals surface area (Å²) in [5, 5.41) is 0.836. The van der Waals surface area contributed by atoms with Crippen LogP contribution in [0.5, 0.6) is 0 Å². The van der Waals surface area contributed by atoms with Crippen LogP contribution in [0.15, 0.2) is 0 Å². The second kappa shape index (κ2) is 8.25. The molecule has 1 heterocycles. The molecule has 0 N–H and O–H groups in total. The number of hydrogen-bond acceptors (Lipinski definition) is 4. The number of thioether (sulfide) groups is 1. The van der Waals surface area contributed by atoms with Crippen LogP contribution in [0, 0.1) is 0 Å². The van der Waals surface area contributed by atoms with E-state index in [2.05, 4.69) is 30.6 Å². The van der Waals surface area contributed by atoms with Crippen molar-refractivity contribution in [1.29, 1.82) is 0 Å². The number of hydrogen-bond donors (Lipinski definition) is 0. The number of carbonyl (C=O) groups is 1. The van der Waals surface area contributed by atoms with Crippen molar-refractivity contribution in [3.8, 4) is 0 Å². The molecule has 116 valence electrons. The Morgan fingerprint density at radius 3 is 2.80 bits per heavy atom. The Bertz CT molecular complexity index is 308. The molecule has 1 amide bonds. The molecule has 1 aliphatic heterocycles. The third kappa shape index (κ3) is 4.64. The van der Waals surface area contributed by atoms with Crippen LogP contribution in [0.25, 0.3) is 0 Å². The van der Waals surface area contributed by atoms with Crippen molar-refractivity contribution in [2.24, 2.45) is 0 Å². The van der Waals surface area contributed by atoms with E-state index in [0.29, 0.717) is 25.7 Å². The molecule has 1 saturated carbocycles. The second-order valence-electron chi connectivity index (χ2n) is 5.77. The number of morpholine rings is 1. The number of amides is 1. The fraction of sp³-hybridized carbons (Fsp3) is 0.933. The van der Waals surface area contributed by atoms with E-state index in [1.54, 1.807) is 0 Å². The lowest BCUT2D eigenvalue weighted by atomic mass is 10.2. The van der Waals surface area contributed by atoms with E-state index >= 15 is 0 Å². The summed E-state index contributed by atoms with van der Waals surface area (Å²) in [5.41, 5.74) is 0. The van der Waals surface area contributed by atoms with Gasteiger partial charge in [0.2, 0.25) is 5.91 Å². The van der Waals surface area contributed by atoms with Gasteiger partial charge in [0.1, 0.15) is 0 Å². The first-order chi connectivity index (χ1) is 9.70. The lowest BCUT2D eigenvalue weighted by Gasteiger charge is -2.29. The Morgan fingerprint density at radius 1 is 1.35 bits per heavy atom. The van der Waals surface area contributed by atoms with Crippen molar-refractivity contribution in [1.82, 2.24) is 9.80 Å². The van der Waals surface area contributed by atoms with Gasteiger partial charge in [0.15, 0.2) is 0 Å². The summed E-state index contributed by atoms with van der Waals surface area (Å²) in [6.07, 6.45) is 4.57.